The maximum absolute atomic E-state index is 12.4. The number of carbonyl (C=O) groups excluding carboxylic acids is 7. The zero-order valence-corrected chi connectivity index (χ0v) is 82.4. The minimum absolute atomic E-state index is 0.0167. The van der Waals surface area contributed by atoms with E-state index in [0.717, 1.165) is 12.8 Å². The van der Waals surface area contributed by atoms with Gasteiger partial charge in [0.15, 0.2) is 56.6 Å². The van der Waals surface area contributed by atoms with Crippen molar-refractivity contribution in [2.75, 3.05) is 105 Å². The number of hydrazine groups is 1. The van der Waals surface area contributed by atoms with E-state index in [0.29, 0.717) is 51.6 Å². The predicted octanol–water partition coefficient (Wildman–Crippen LogP) is -19.3. The van der Waals surface area contributed by atoms with Crippen molar-refractivity contribution in [3.8, 4) is 0 Å². The van der Waals surface area contributed by atoms with Crippen molar-refractivity contribution in [2.24, 2.45) is 5.73 Å². The second-order valence-electron chi connectivity index (χ2n) is 37.0. The SMILES string of the molecule is CC(=O)[C@H](CCCCN)NNC(=O)CCCC(=O)NCCO[C@@H]1O[C@H](CO[C@H]2O[C@H](CO)[C@@H](O)[C@H](O)[C@@H]2O)[C@@H](O)[C@H](O[C@H]2O[C@H](CO)[C@@H](O)[C@H](O)[C@@H]2O)[C@@H]1O.CCCC(=O)CCCC(=O)CCCO[C@@H]1O[C@H](CO[C@H]2O[C@H](CO)[C@@H](O)[C@H](O)[C@@H]2O)[C@@H](O)[C@H](O[C@H]2O[C@H](CO)[C@@H](O)[C@H](O)[C@@H]2O)[C@@H]1O.CCNC(=O)CCCC(=O)NCCO[C@@H]1O[C@H](CO[C@H]2O[C@H](CO)[C@@H](O)[C@H](O)[C@@H]2O)[C@@H](O)[C@H](O[C@H]2O[C@H](CO)[C@@H](O)[C@H](O)[C@@H]2O)[C@@H]1O. The van der Waals surface area contributed by atoms with Gasteiger partial charge in [0.2, 0.25) is 23.6 Å². The fraction of sp³-hybridized carbons (Fsp3) is 0.920. The highest BCUT2D eigenvalue weighted by molar-refractivity contribution is 5.83. The Bertz CT molecular complexity index is 3690. The zero-order valence-electron chi connectivity index (χ0n) is 82.4. The Morgan fingerprint density at radius 3 is 0.832 bits per heavy atom. The van der Waals surface area contributed by atoms with Crippen LogP contribution in [0, 0.1) is 0 Å². The number of aliphatic hydroxyl groups is 30. The van der Waals surface area contributed by atoms with Crippen LogP contribution < -0.4 is 32.5 Å². The number of carbonyl (C=O) groups is 7. The van der Waals surface area contributed by atoms with E-state index in [4.69, 9.17) is 91.0 Å². The molecule has 9 aliphatic heterocycles. The predicted molar refractivity (Wildman–Crippen MR) is 484 cm³/mol. The van der Waals surface area contributed by atoms with Crippen molar-refractivity contribution in [1.82, 2.24) is 26.8 Å². The van der Waals surface area contributed by atoms with E-state index in [9.17, 15) is 187 Å². The Balaban J connectivity index is 0.000000304. The van der Waals surface area contributed by atoms with Crippen LogP contribution in [0.25, 0.3) is 0 Å². The van der Waals surface area contributed by atoms with Crippen LogP contribution in [-0.2, 0) is 119 Å². The third-order valence-electron chi connectivity index (χ3n) is 25.7. The van der Waals surface area contributed by atoms with Gasteiger partial charge in [-0.15, -0.1) is 0 Å². The van der Waals surface area contributed by atoms with Gasteiger partial charge in [-0.3, -0.25) is 39.0 Å². The van der Waals surface area contributed by atoms with Crippen molar-refractivity contribution >= 4 is 41.0 Å². The second-order valence-corrected chi connectivity index (χ2v) is 37.0. The van der Waals surface area contributed by atoms with Gasteiger partial charge in [0.25, 0.3) is 0 Å². The average molecular weight is 2180 g/mol. The summed E-state index contributed by atoms with van der Waals surface area (Å²) >= 11 is 0. The van der Waals surface area contributed by atoms with Gasteiger partial charge < -0.3 is 260 Å². The second kappa shape index (κ2) is 65.9. The molecule has 37 N–H and O–H groups in total. The average Bonchev–Trinajstić information content (AvgIpc) is 0.782. The molecule has 0 spiro atoms. The number of aliphatic hydroxyl groups excluding tert-OH is 30. The molecule has 0 radical (unpaired) electrons. The molecular formula is C88H156N6O55. The molecule has 0 aromatic rings. The molecule has 9 heterocycles. The first-order chi connectivity index (χ1) is 70.8. The fourth-order valence-corrected chi connectivity index (χ4v) is 16.8. The number of hydrogen-bond donors (Lipinski definition) is 36. The van der Waals surface area contributed by atoms with Crippen LogP contribution in [0.1, 0.15) is 124 Å². The van der Waals surface area contributed by atoms with Crippen molar-refractivity contribution < 1.29 is 272 Å². The molecule has 0 aromatic carbocycles. The van der Waals surface area contributed by atoms with Gasteiger partial charge in [-0.1, -0.05) is 13.3 Å². The number of nitrogens with two attached hydrogens (primary N) is 1. The molecule has 4 amide bonds. The van der Waals surface area contributed by atoms with Gasteiger partial charge in [0.1, 0.15) is 237 Å². The molecule has 46 atom stereocenters. The molecule has 868 valence electrons. The number of Topliss-reactive ketones (excluding diaryl/α,β-unsaturated/α-hetero) is 3. The molecule has 0 aliphatic carbocycles. The van der Waals surface area contributed by atoms with Gasteiger partial charge in [0.05, 0.1) is 85.3 Å². The first-order valence-electron chi connectivity index (χ1n) is 49.4. The lowest BCUT2D eigenvalue weighted by Gasteiger charge is -2.46. The van der Waals surface area contributed by atoms with E-state index >= 15 is 0 Å². The van der Waals surface area contributed by atoms with E-state index in [-0.39, 0.29) is 113 Å². The monoisotopic (exact) mass is 2180 g/mol. The number of ketones is 3. The normalized spacial score (nSPS) is 39.7. The molecule has 9 saturated heterocycles. The number of hydrogen-bond acceptors (Lipinski definition) is 57. The smallest absolute Gasteiger partial charge is 0.234 e. The summed E-state index contributed by atoms with van der Waals surface area (Å²) in [6, 6.07) is -0.562. The number of unbranched alkanes of at least 4 members (excludes halogenated alkanes) is 1. The van der Waals surface area contributed by atoms with Gasteiger partial charge in [-0.25, -0.2) is 5.43 Å². The van der Waals surface area contributed by atoms with E-state index in [2.05, 4.69) is 26.8 Å². The van der Waals surface area contributed by atoms with Crippen LogP contribution >= 0.6 is 0 Å². The first kappa shape index (κ1) is 131. The van der Waals surface area contributed by atoms with Crippen LogP contribution in [0.15, 0.2) is 0 Å². The van der Waals surface area contributed by atoms with Gasteiger partial charge >= 0.3 is 0 Å². The Kier molecular flexibility index (Phi) is 57.9. The van der Waals surface area contributed by atoms with Crippen molar-refractivity contribution in [3.63, 3.8) is 0 Å². The molecule has 61 nitrogen and oxygen atoms in total. The molecular weight excluding hydrogens is 2020 g/mol. The maximum Gasteiger partial charge on any atom is 0.234 e. The fourth-order valence-electron chi connectivity index (χ4n) is 16.8. The summed E-state index contributed by atoms with van der Waals surface area (Å²) in [4.78, 5) is 84.0. The summed E-state index contributed by atoms with van der Waals surface area (Å²) in [5.74, 6) is -1.55. The van der Waals surface area contributed by atoms with Crippen LogP contribution in [-0.4, -0.2) is 582 Å². The third-order valence-corrected chi connectivity index (χ3v) is 25.7. The number of nitrogens with one attached hydrogen (secondary N) is 5. The third kappa shape index (κ3) is 38.1. The largest absolute Gasteiger partial charge is 0.394 e. The Labute approximate surface area is 854 Å². The summed E-state index contributed by atoms with van der Waals surface area (Å²) in [5.41, 5.74) is 10.6. The molecule has 0 aromatic heterocycles. The number of amides is 4. The highest BCUT2D eigenvalue weighted by Crippen LogP contribution is 2.37. The number of ether oxygens (including phenoxy) is 18. The molecule has 0 bridgehead atoms. The highest BCUT2D eigenvalue weighted by Gasteiger charge is 2.58. The Hall–Kier alpha value is -5.11. The van der Waals surface area contributed by atoms with Gasteiger partial charge in [-0.2, -0.15) is 0 Å². The Morgan fingerprint density at radius 1 is 0.275 bits per heavy atom. The first-order valence-corrected chi connectivity index (χ1v) is 49.4. The summed E-state index contributed by atoms with van der Waals surface area (Å²) < 4.78 is 99.3. The van der Waals surface area contributed by atoms with E-state index in [1.165, 1.54) is 6.92 Å². The minimum atomic E-state index is -1.91. The Morgan fingerprint density at radius 2 is 0.537 bits per heavy atom. The van der Waals surface area contributed by atoms with Crippen molar-refractivity contribution in [3.05, 3.63) is 0 Å². The summed E-state index contributed by atoms with van der Waals surface area (Å²) in [6.07, 6.45) is -69.9. The zero-order chi connectivity index (χ0) is 110. The van der Waals surface area contributed by atoms with Crippen LogP contribution in [0.2, 0.25) is 0 Å². The molecule has 9 rings (SSSR count). The summed E-state index contributed by atoms with van der Waals surface area (Å²) in [7, 11) is 0. The molecule has 9 fully saturated rings. The van der Waals surface area contributed by atoms with E-state index < -0.39 is 354 Å². The van der Waals surface area contributed by atoms with E-state index in [1.54, 1.807) is 6.92 Å². The van der Waals surface area contributed by atoms with Crippen LogP contribution in [0.5, 0.6) is 0 Å². The molecule has 149 heavy (non-hydrogen) atoms. The van der Waals surface area contributed by atoms with Gasteiger partial charge in [0, 0.05) is 71.0 Å². The quantitative estimate of drug-likeness (QED) is 0.0199. The summed E-state index contributed by atoms with van der Waals surface area (Å²) in [5, 5.41) is 315. The van der Waals surface area contributed by atoms with Crippen LogP contribution in [0.3, 0.4) is 0 Å². The molecule has 0 saturated carbocycles. The van der Waals surface area contributed by atoms with E-state index in [1.807, 2.05) is 6.92 Å². The maximum atomic E-state index is 12.4. The topological polar surface area (TPSA) is 979 Å². The van der Waals surface area contributed by atoms with Crippen molar-refractivity contribution in [2.45, 2.75) is 406 Å². The standard InChI is InChI=1S/C32H58N4O19.C29H50O18.C27H48N2O18/c1-14(39)15(5-2-3-8-33)35-36-20(41)7-4-6-19(40)34-9-10-50-31-28(49)29(55-32-27(48)25(46)22(43)17(12-38)53-32)23(44)18(54-31)13-51-30-26(47)24(45)21(42)16(11-37)52-30;1-2-5-13(32)6-3-7-14(33)8-4-9-42-28-25(41)26(47-29-24(40)22(38)19(35)16(11-31)45-29)20(36)17(46-28)12-43-27-23(39)21(37)18(34)15(10-30)44-27;1-2-28-14(32)4-3-5-15(33)29-6-7-42-26-23(41)24(47-27-22(40)20(38)17(35)12(9-31)45-27)18(36)13(46-26)10-43-25-21(39)19(37)16(34)11(8-30)44-25/h15-18,21-32,35,37-38,42-49H,2-13,33H2,1H3,(H,34,40)(H,36,41);15-31,34-41H,2-12H2,1H3;11-13,16-27,30-31,34-41H,2-10H2,1H3,(H,28,32)(H,29,33)/t15-,16+,17+,18+,21+,22+,23+,24-,25-,26-,27-,28-,29-,30-,31+,32+;15-,16-,17-,18-,19-,20-,21+,22+,23+,24+,25+,26+,27+,28-,29-;11-,12-,13-,16-,17-,18-,19+,20+,21+,22+,23+,24+,25+,26-,27-/m011/s1. The lowest BCUT2D eigenvalue weighted by Crippen LogP contribution is -2.65. The molecule has 61 heteroatoms. The number of rotatable bonds is 56. The van der Waals surface area contributed by atoms with Crippen LogP contribution in [0.4, 0.5) is 0 Å². The minimum Gasteiger partial charge on any atom is -0.394 e. The lowest BCUT2D eigenvalue weighted by atomic mass is 9.96. The van der Waals surface area contributed by atoms with Gasteiger partial charge in [-0.05, 0) is 65.3 Å². The molecule has 9 aliphatic rings. The highest BCUT2D eigenvalue weighted by atomic mass is 16.8. The van der Waals surface area contributed by atoms with Crippen molar-refractivity contribution in [1.29, 1.82) is 0 Å². The molecule has 0 unspecified atom stereocenters. The lowest BCUT2D eigenvalue weighted by molar-refractivity contribution is -0.366. The summed E-state index contributed by atoms with van der Waals surface area (Å²) in [6.45, 7) is -1.13.